The predicted molar refractivity (Wildman–Crippen MR) is 97.4 cm³/mol. The minimum atomic E-state index is -0.646. The van der Waals surface area contributed by atoms with Gasteiger partial charge in [-0.2, -0.15) is 0 Å². The van der Waals surface area contributed by atoms with Crippen LogP contribution in [0.25, 0.3) is 11.7 Å². The molecule has 7 nitrogen and oxygen atoms in total. The average molecular weight is 389 g/mol. The zero-order valence-electron chi connectivity index (χ0n) is 13.9. The van der Waals surface area contributed by atoms with Crippen molar-refractivity contribution in [2.75, 3.05) is 6.61 Å². The third-order valence-corrected chi connectivity index (χ3v) is 3.71. The summed E-state index contributed by atoms with van der Waals surface area (Å²) in [6, 6.07) is 11.1. The largest absolute Gasteiger partial charge is 0.481 e. The van der Waals surface area contributed by atoms with E-state index in [2.05, 4.69) is 15.8 Å². The van der Waals surface area contributed by atoms with Crippen LogP contribution in [0.15, 0.2) is 54.7 Å². The number of pyridine rings is 1. The van der Waals surface area contributed by atoms with Crippen molar-refractivity contribution in [2.45, 2.75) is 0 Å². The van der Waals surface area contributed by atoms with Crippen molar-refractivity contribution in [3.8, 4) is 5.75 Å². The highest BCUT2D eigenvalue weighted by atomic mass is 35.5. The van der Waals surface area contributed by atoms with E-state index in [0.29, 0.717) is 11.3 Å². The Bertz CT molecular complexity index is 1020. The van der Waals surface area contributed by atoms with Gasteiger partial charge in [-0.25, -0.2) is 9.37 Å². The molecule has 0 atom stereocenters. The Morgan fingerprint density at radius 1 is 1.19 bits per heavy atom. The van der Waals surface area contributed by atoms with Crippen LogP contribution in [0.3, 0.4) is 0 Å². The summed E-state index contributed by atoms with van der Waals surface area (Å²) in [5, 5.41) is 0.243. The van der Waals surface area contributed by atoms with Crippen LogP contribution in [-0.4, -0.2) is 27.8 Å². The fourth-order valence-electron chi connectivity index (χ4n) is 2.20. The molecule has 3 aromatic rings. The Labute approximate surface area is 158 Å². The second-order valence-corrected chi connectivity index (χ2v) is 5.66. The minimum Gasteiger partial charge on any atom is -0.481 e. The smallest absolute Gasteiger partial charge is 0.276 e. The fraction of sp³-hybridized carbons (Fsp3) is 0.0556. The molecular formula is C18H14ClFN4O3. The van der Waals surface area contributed by atoms with E-state index in [0.717, 1.165) is 0 Å². The summed E-state index contributed by atoms with van der Waals surface area (Å²) in [7, 11) is 0. The number of amides is 2. The highest BCUT2D eigenvalue weighted by molar-refractivity contribution is 6.31. The first-order valence-electron chi connectivity index (χ1n) is 7.81. The van der Waals surface area contributed by atoms with Gasteiger partial charge in [0.05, 0.1) is 5.69 Å². The van der Waals surface area contributed by atoms with Gasteiger partial charge in [0.2, 0.25) is 0 Å². The van der Waals surface area contributed by atoms with Gasteiger partial charge in [0.1, 0.15) is 5.65 Å². The Morgan fingerprint density at radius 3 is 2.78 bits per heavy atom. The lowest BCUT2D eigenvalue weighted by molar-refractivity contribution is -0.128. The molecule has 2 aromatic heterocycles. The molecule has 0 saturated heterocycles. The van der Waals surface area contributed by atoms with Gasteiger partial charge in [0, 0.05) is 12.3 Å². The van der Waals surface area contributed by atoms with Gasteiger partial charge >= 0.3 is 0 Å². The molecule has 9 heteroatoms. The summed E-state index contributed by atoms with van der Waals surface area (Å²) in [5.41, 5.74) is 5.52. The maximum atomic E-state index is 13.4. The number of halogens is 2. The van der Waals surface area contributed by atoms with E-state index in [9.17, 15) is 14.0 Å². The van der Waals surface area contributed by atoms with Crippen LogP contribution in [0.1, 0.15) is 5.69 Å². The Morgan fingerprint density at radius 2 is 1.96 bits per heavy atom. The average Bonchev–Trinajstić information content (AvgIpc) is 2.99. The van der Waals surface area contributed by atoms with Crippen LogP contribution in [-0.2, 0) is 9.59 Å². The molecule has 0 saturated carbocycles. The number of hydrogen-bond acceptors (Lipinski definition) is 4. The molecule has 2 heterocycles. The van der Waals surface area contributed by atoms with Crippen molar-refractivity contribution in [3.05, 3.63) is 71.4 Å². The standard InChI is InChI=1S/C18H14ClFN4O3/c19-18-13(24-10-4-3-7-15(24)21-18)8-9-16(25)22-23-17(26)11-27-14-6-2-1-5-12(14)20/h1-10H,11H2,(H,22,25)(H,23,26)/b9-8+. The third-order valence-electron chi connectivity index (χ3n) is 3.44. The number of nitrogens with zero attached hydrogens (tertiary/aromatic N) is 2. The van der Waals surface area contributed by atoms with E-state index in [-0.39, 0.29) is 10.9 Å². The molecule has 0 aliphatic heterocycles. The fourth-order valence-corrected chi connectivity index (χ4v) is 2.44. The summed E-state index contributed by atoms with van der Waals surface area (Å²) >= 11 is 6.06. The van der Waals surface area contributed by atoms with Gasteiger partial charge in [-0.05, 0) is 30.3 Å². The first kappa shape index (κ1) is 18.4. The first-order valence-corrected chi connectivity index (χ1v) is 8.19. The molecule has 0 bridgehead atoms. The highest BCUT2D eigenvalue weighted by Gasteiger charge is 2.09. The lowest BCUT2D eigenvalue weighted by Crippen LogP contribution is -2.43. The minimum absolute atomic E-state index is 0.0545. The van der Waals surface area contributed by atoms with E-state index in [1.165, 1.54) is 30.4 Å². The molecule has 2 N–H and O–H groups in total. The maximum absolute atomic E-state index is 13.4. The lowest BCUT2D eigenvalue weighted by atomic mass is 10.3. The number of carbonyl (C=O) groups is 2. The van der Waals surface area contributed by atoms with E-state index >= 15 is 0 Å². The van der Waals surface area contributed by atoms with E-state index in [4.69, 9.17) is 16.3 Å². The van der Waals surface area contributed by atoms with E-state index in [1.54, 1.807) is 28.8 Å². The summed E-state index contributed by atoms with van der Waals surface area (Å²) in [6.45, 7) is -0.454. The molecule has 0 unspecified atom stereocenters. The SMILES string of the molecule is O=C(/C=C/c1c(Cl)nc2ccccn12)NNC(=O)COc1ccccc1F. The third kappa shape index (κ3) is 4.62. The van der Waals surface area contributed by atoms with Crippen molar-refractivity contribution in [1.29, 1.82) is 0 Å². The van der Waals surface area contributed by atoms with E-state index < -0.39 is 24.2 Å². The van der Waals surface area contributed by atoms with Crippen LogP contribution >= 0.6 is 11.6 Å². The number of hydrazine groups is 1. The highest BCUT2D eigenvalue weighted by Crippen LogP contribution is 2.18. The van der Waals surface area contributed by atoms with Gasteiger partial charge in [0.25, 0.3) is 11.8 Å². The topological polar surface area (TPSA) is 84.7 Å². The number of nitrogens with one attached hydrogen (secondary N) is 2. The van der Waals surface area contributed by atoms with Gasteiger partial charge < -0.3 is 4.74 Å². The first-order chi connectivity index (χ1) is 13.0. The van der Waals surface area contributed by atoms with Gasteiger partial charge in [-0.15, -0.1) is 0 Å². The Kier molecular flexibility index (Phi) is 5.68. The maximum Gasteiger partial charge on any atom is 0.276 e. The molecule has 3 rings (SSSR count). The number of rotatable bonds is 5. The molecule has 1 aromatic carbocycles. The molecule has 138 valence electrons. The van der Waals surface area contributed by atoms with E-state index in [1.807, 2.05) is 6.07 Å². The predicted octanol–water partition coefficient (Wildman–Crippen LogP) is 2.37. The number of carbonyl (C=O) groups excluding carboxylic acids is 2. The van der Waals surface area contributed by atoms with Gasteiger partial charge in [0.15, 0.2) is 23.3 Å². The number of ether oxygens (including phenoxy) is 1. The van der Waals surface area contributed by atoms with Crippen molar-refractivity contribution >= 4 is 35.1 Å². The summed E-state index contributed by atoms with van der Waals surface area (Å²) in [5.74, 6) is -1.87. The molecule has 0 spiro atoms. The number of para-hydroxylation sites is 1. The van der Waals surface area contributed by atoms with Crippen molar-refractivity contribution in [1.82, 2.24) is 20.2 Å². The van der Waals surface area contributed by atoms with Crippen molar-refractivity contribution in [3.63, 3.8) is 0 Å². The molecule has 0 aliphatic carbocycles. The summed E-state index contributed by atoms with van der Waals surface area (Å²) in [6.07, 6.45) is 4.42. The second kappa shape index (κ2) is 8.33. The molecule has 27 heavy (non-hydrogen) atoms. The van der Waals surface area contributed by atoms with Crippen LogP contribution in [0.5, 0.6) is 5.75 Å². The zero-order valence-corrected chi connectivity index (χ0v) is 14.6. The number of fused-ring (bicyclic) bond motifs is 1. The zero-order chi connectivity index (χ0) is 19.2. The van der Waals surface area contributed by atoms with Gasteiger partial charge in [-0.3, -0.25) is 24.8 Å². The summed E-state index contributed by atoms with van der Waals surface area (Å²) in [4.78, 5) is 27.6. The molecule has 2 amide bonds. The number of aromatic nitrogens is 2. The molecule has 0 radical (unpaired) electrons. The summed E-state index contributed by atoms with van der Waals surface area (Å²) < 4.78 is 20.1. The number of imidazole rings is 1. The quantitative estimate of drug-likeness (QED) is 0.519. The monoisotopic (exact) mass is 388 g/mol. The van der Waals surface area contributed by atoms with Crippen LogP contribution < -0.4 is 15.6 Å². The number of benzene rings is 1. The van der Waals surface area contributed by atoms with Gasteiger partial charge in [-0.1, -0.05) is 29.8 Å². The van der Waals surface area contributed by atoms with Crippen molar-refractivity contribution < 1.29 is 18.7 Å². The number of hydrogen-bond donors (Lipinski definition) is 2. The Hall–Kier alpha value is -3.39. The Balaban J connectivity index is 1.52. The second-order valence-electron chi connectivity index (χ2n) is 5.31. The van der Waals surface area contributed by atoms with Crippen LogP contribution in [0, 0.1) is 5.82 Å². The molecule has 0 fully saturated rings. The van der Waals surface area contributed by atoms with Crippen molar-refractivity contribution in [2.24, 2.45) is 0 Å². The lowest BCUT2D eigenvalue weighted by Gasteiger charge is -2.08. The molecular weight excluding hydrogens is 375 g/mol. The normalized spacial score (nSPS) is 10.9. The van der Waals surface area contributed by atoms with Crippen LogP contribution in [0.2, 0.25) is 5.15 Å². The molecule has 0 aliphatic rings. The van der Waals surface area contributed by atoms with Crippen LogP contribution in [0.4, 0.5) is 4.39 Å².